The molecule has 19 heavy (non-hydrogen) atoms. The minimum atomic E-state index is -0.347. The minimum Gasteiger partial charge on any atom is -0.379 e. The number of nitrogens with zero attached hydrogens (tertiary/aromatic N) is 2. The van der Waals surface area contributed by atoms with Crippen LogP contribution in [0.2, 0.25) is 0 Å². The van der Waals surface area contributed by atoms with Gasteiger partial charge in [-0.05, 0) is 38.1 Å². The average molecular weight is 265 g/mol. The van der Waals surface area contributed by atoms with E-state index in [1.807, 2.05) is 27.1 Å². The lowest BCUT2D eigenvalue weighted by molar-refractivity contribution is -0.384. The van der Waals surface area contributed by atoms with Gasteiger partial charge in [-0.3, -0.25) is 10.1 Å². The maximum atomic E-state index is 11.0. The predicted molar refractivity (Wildman–Crippen MR) is 78.7 cm³/mol. The van der Waals surface area contributed by atoms with Crippen molar-refractivity contribution in [2.75, 3.05) is 32.5 Å². The number of hydrogen-bond acceptors (Lipinski definition) is 4. The van der Waals surface area contributed by atoms with Gasteiger partial charge in [-0.25, -0.2) is 0 Å². The third-order valence-corrected chi connectivity index (χ3v) is 2.85. The van der Waals surface area contributed by atoms with Crippen LogP contribution in [0, 0.1) is 22.5 Å². The highest BCUT2D eigenvalue weighted by molar-refractivity contribution is 5.62. The molecule has 0 saturated heterocycles. The fourth-order valence-corrected chi connectivity index (χ4v) is 2.20. The van der Waals surface area contributed by atoms with Gasteiger partial charge in [-0.15, -0.1) is 0 Å². The maximum absolute atomic E-state index is 11.0. The minimum absolute atomic E-state index is 0.0428. The highest BCUT2D eigenvalue weighted by atomic mass is 16.6. The van der Waals surface area contributed by atoms with Crippen LogP contribution >= 0.6 is 0 Å². The van der Waals surface area contributed by atoms with Gasteiger partial charge >= 0.3 is 0 Å². The van der Waals surface area contributed by atoms with Crippen LogP contribution in [0.5, 0.6) is 0 Å². The molecule has 0 saturated carbocycles. The molecule has 0 unspecified atom stereocenters. The van der Waals surface area contributed by atoms with E-state index >= 15 is 0 Å². The van der Waals surface area contributed by atoms with Gasteiger partial charge in [0.1, 0.15) is 5.69 Å². The van der Waals surface area contributed by atoms with Crippen LogP contribution in [-0.2, 0) is 0 Å². The molecule has 0 aliphatic carbocycles. The van der Waals surface area contributed by atoms with Crippen molar-refractivity contribution in [2.45, 2.75) is 20.8 Å². The van der Waals surface area contributed by atoms with E-state index in [0.29, 0.717) is 12.2 Å². The molecule has 0 heterocycles. The third-order valence-electron chi connectivity index (χ3n) is 2.85. The van der Waals surface area contributed by atoms with Gasteiger partial charge in [-0.2, -0.15) is 0 Å². The molecule has 0 aromatic heterocycles. The smallest absolute Gasteiger partial charge is 0.292 e. The number of aryl methyl sites for hydroxylation is 1. The standard InChI is InChI=1S/C14H23N3O2/c1-11-6-7-13(17(18)19)12(8-11)15-9-14(2,3)10-16(4)5/h6-8,15H,9-10H2,1-5H3. The van der Waals surface area contributed by atoms with Crippen LogP contribution in [0.4, 0.5) is 11.4 Å². The van der Waals surface area contributed by atoms with Crippen molar-refractivity contribution in [1.29, 1.82) is 0 Å². The van der Waals surface area contributed by atoms with Crippen molar-refractivity contribution in [3.63, 3.8) is 0 Å². The van der Waals surface area contributed by atoms with E-state index in [4.69, 9.17) is 0 Å². The van der Waals surface area contributed by atoms with Gasteiger partial charge in [-0.1, -0.05) is 19.9 Å². The zero-order valence-corrected chi connectivity index (χ0v) is 12.4. The Kier molecular flexibility index (Phi) is 4.89. The lowest BCUT2D eigenvalue weighted by atomic mass is 9.93. The van der Waals surface area contributed by atoms with E-state index in [1.165, 1.54) is 0 Å². The zero-order valence-electron chi connectivity index (χ0n) is 12.4. The molecule has 1 rings (SSSR count). The van der Waals surface area contributed by atoms with Crippen LogP contribution in [-0.4, -0.2) is 37.0 Å². The Hall–Kier alpha value is -1.62. The summed E-state index contributed by atoms with van der Waals surface area (Å²) in [5.41, 5.74) is 1.78. The third kappa shape index (κ3) is 4.87. The van der Waals surface area contributed by atoms with E-state index in [1.54, 1.807) is 12.1 Å². The van der Waals surface area contributed by atoms with Crippen LogP contribution in [0.15, 0.2) is 18.2 Å². The summed E-state index contributed by atoms with van der Waals surface area (Å²) in [6, 6.07) is 5.13. The van der Waals surface area contributed by atoms with Crippen molar-refractivity contribution in [2.24, 2.45) is 5.41 Å². The van der Waals surface area contributed by atoms with Crippen molar-refractivity contribution in [3.05, 3.63) is 33.9 Å². The Morgan fingerprint density at radius 1 is 1.37 bits per heavy atom. The quantitative estimate of drug-likeness (QED) is 0.634. The van der Waals surface area contributed by atoms with Gasteiger partial charge in [0.15, 0.2) is 0 Å². The van der Waals surface area contributed by atoms with Crippen LogP contribution < -0.4 is 5.32 Å². The van der Waals surface area contributed by atoms with Gasteiger partial charge in [0.25, 0.3) is 5.69 Å². The molecule has 0 radical (unpaired) electrons. The molecule has 0 fully saturated rings. The van der Waals surface area contributed by atoms with Gasteiger partial charge in [0.05, 0.1) is 4.92 Å². The van der Waals surface area contributed by atoms with Crippen molar-refractivity contribution in [3.8, 4) is 0 Å². The molecule has 106 valence electrons. The molecule has 5 heteroatoms. The molecule has 0 spiro atoms. The van der Waals surface area contributed by atoms with Gasteiger partial charge < -0.3 is 10.2 Å². The van der Waals surface area contributed by atoms with E-state index < -0.39 is 0 Å². The molecule has 0 amide bonds. The molecule has 0 aliphatic heterocycles. The van der Waals surface area contributed by atoms with Crippen LogP contribution in [0.25, 0.3) is 0 Å². The molecular formula is C14H23N3O2. The predicted octanol–water partition coefficient (Wildman–Crippen LogP) is 2.90. The first-order valence-corrected chi connectivity index (χ1v) is 6.35. The monoisotopic (exact) mass is 265 g/mol. The Morgan fingerprint density at radius 2 is 2.00 bits per heavy atom. The fraction of sp³-hybridized carbons (Fsp3) is 0.571. The molecular weight excluding hydrogens is 242 g/mol. The summed E-state index contributed by atoms with van der Waals surface area (Å²) in [4.78, 5) is 12.8. The van der Waals surface area contributed by atoms with Crippen LogP contribution in [0.3, 0.4) is 0 Å². The summed E-state index contributed by atoms with van der Waals surface area (Å²) in [5, 5.41) is 14.2. The number of nitro groups is 1. The summed E-state index contributed by atoms with van der Waals surface area (Å²) in [7, 11) is 4.05. The number of rotatable bonds is 6. The Morgan fingerprint density at radius 3 is 2.53 bits per heavy atom. The maximum Gasteiger partial charge on any atom is 0.292 e. The molecule has 0 aliphatic rings. The summed E-state index contributed by atoms with van der Waals surface area (Å²) in [5.74, 6) is 0. The number of nitro benzene ring substituents is 1. The highest BCUT2D eigenvalue weighted by Gasteiger charge is 2.21. The zero-order chi connectivity index (χ0) is 14.6. The van der Waals surface area contributed by atoms with Crippen molar-refractivity contribution < 1.29 is 4.92 Å². The lowest BCUT2D eigenvalue weighted by Crippen LogP contribution is -2.34. The Balaban J connectivity index is 2.82. The largest absolute Gasteiger partial charge is 0.379 e. The first-order chi connectivity index (χ1) is 8.71. The van der Waals surface area contributed by atoms with E-state index in [0.717, 1.165) is 12.1 Å². The van der Waals surface area contributed by atoms with Crippen molar-refractivity contribution in [1.82, 2.24) is 4.90 Å². The second-order valence-corrected chi connectivity index (χ2v) is 6.03. The summed E-state index contributed by atoms with van der Waals surface area (Å²) >= 11 is 0. The summed E-state index contributed by atoms with van der Waals surface area (Å²) in [6.07, 6.45) is 0. The Bertz CT molecular complexity index is 456. The van der Waals surface area contributed by atoms with Crippen molar-refractivity contribution >= 4 is 11.4 Å². The summed E-state index contributed by atoms with van der Waals surface area (Å²) < 4.78 is 0. The average Bonchev–Trinajstić information content (AvgIpc) is 2.24. The second-order valence-electron chi connectivity index (χ2n) is 6.03. The SMILES string of the molecule is Cc1ccc([N+](=O)[O-])c(NCC(C)(C)CN(C)C)c1. The highest BCUT2D eigenvalue weighted by Crippen LogP contribution is 2.27. The first-order valence-electron chi connectivity index (χ1n) is 6.35. The lowest BCUT2D eigenvalue weighted by Gasteiger charge is -2.28. The molecule has 1 aromatic carbocycles. The summed E-state index contributed by atoms with van der Waals surface area (Å²) in [6.45, 7) is 7.82. The molecule has 0 bridgehead atoms. The fourth-order valence-electron chi connectivity index (χ4n) is 2.20. The van der Waals surface area contributed by atoms with E-state index in [9.17, 15) is 10.1 Å². The first kappa shape index (κ1) is 15.4. The Labute approximate surface area is 114 Å². The van der Waals surface area contributed by atoms with E-state index in [2.05, 4.69) is 24.1 Å². The number of hydrogen-bond donors (Lipinski definition) is 1. The van der Waals surface area contributed by atoms with Gasteiger partial charge in [0.2, 0.25) is 0 Å². The normalized spacial score (nSPS) is 11.7. The van der Waals surface area contributed by atoms with E-state index in [-0.39, 0.29) is 16.0 Å². The molecule has 5 nitrogen and oxygen atoms in total. The second kappa shape index (κ2) is 6.02. The van der Waals surface area contributed by atoms with Gasteiger partial charge in [0, 0.05) is 19.2 Å². The van der Waals surface area contributed by atoms with Crippen LogP contribution in [0.1, 0.15) is 19.4 Å². The number of anilines is 1. The number of benzene rings is 1. The molecule has 1 aromatic rings. The molecule has 0 atom stereocenters. The topological polar surface area (TPSA) is 58.4 Å². The molecule has 1 N–H and O–H groups in total. The number of nitrogens with one attached hydrogen (secondary N) is 1.